The summed E-state index contributed by atoms with van der Waals surface area (Å²) in [5, 5.41) is 2.71. The molecule has 0 fully saturated rings. The minimum absolute atomic E-state index is 0. The Hall–Kier alpha value is -1.25. The molecule has 9 heteroatoms. The van der Waals surface area contributed by atoms with Gasteiger partial charge in [-0.15, -0.1) is 12.4 Å². The van der Waals surface area contributed by atoms with Crippen LogP contribution in [-0.4, -0.2) is 32.2 Å². The summed E-state index contributed by atoms with van der Waals surface area (Å²) in [6, 6.07) is 5.45. The summed E-state index contributed by atoms with van der Waals surface area (Å²) in [5.74, 6) is -4.54. The van der Waals surface area contributed by atoms with E-state index in [4.69, 9.17) is 5.73 Å². The molecule has 0 aromatic heterocycles. The summed E-state index contributed by atoms with van der Waals surface area (Å²) in [7, 11) is -4.47. The molecule has 1 aromatic rings. The Bertz CT molecular complexity index is 604. The molecule has 5 nitrogen and oxygen atoms in total. The topological polar surface area (TPSA) is 89.3 Å². The van der Waals surface area contributed by atoms with Crippen LogP contribution in [0.15, 0.2) is 24.3 Å². The SMILES string of the molecule is CC(C)(CN)NC(=O)c1ccc(CS(=O)(=O)C(F)F)cc1.Cl. The van der Waals surface area contributed by atoms with Gasteiger partial charge in [0.1, 0.15) is 0 Å². The lowest BCUT2D eigenvalue weighted by Crippen LogP contribution is -2.48. The Morgan fingerprint density at radius 2 is 1.77 bits per heavy atom. The second-order valence-corrected chi connectivity index (χ2v) is 7.28. The summed E-state index contributed by atoms with van der Waals surface area (Å²) in [6.45, 7) is 3.77. The average Bonchev–Trinajstić information content (AvgIpc) is 2.38. The second kappa shape index (κ2) is 7.85. The van der Waals surface area contributed by atoms with Crippen LogP contribution >= 0.6 is 12.4 Å². The van der Waals surface area contributed by atoms with E-state index in [1.165, 1.54) is 24.3 Å². The van der Waals surface area contributed by atoms with E-state index in [9.17, 15) is 22.0 Å². The Morgan fingerprint density at radius 1 is 1.27 bits per heavy atom. The zero-order chi connectivity index (χ0) is 16.3. The molecule has 3 N–H and O–H groups in total. The van der Waals surface area contributed by atoms with Crippen LogP contribution in [0.5, 0.6) is 0 Å². The molecular formula is C13H19ClF2N2O3S. The summed E-state index contributed by atoms with van der Waals surface area (Å²) in [5.41, 5.74) is 5.43. The fourth-order valence-electron chi connectivity index (χ4n) is 1.48. The predicted molar refractivity (Wildman–Crippen MR) is 82.9 cm³/mol. The lowest BCUT2D eigenvalue weighted by molar-refractivity contribution is 0.0915. The number of carbonyl (C=O) groups is 1. The Kier molecular flexibility index (Phi) is 7.40. The standard InChI is InChI=1S/C13H18F2N2O3S.ClH/c1-13(2,8-16)17-11(18)10-5-3-9(4-6-10)7-21(19,20)12(14)15;/h3-6,12H,7-8,16H2,1-2H3,(H,17,18);1H. The molecule has 1 amide bonds. The van der Waals surface area contributed by atoms with E-state index in [1.807, 2.05) is 0 Å². The van der Waals surface area contributed by atoms with Gasteiger partial charge in [-0.1, -0.05) is 12.1 Å². The largest absolute Gasteiger partial charge is 0.346 e. The Morgan fingerprint density at radius 3 is 2.18 bits per heavy atom. The number of hydrogen-bond acceptors (Lipinski definition) is 4. The summed E-state index contributed by atoms with van der Waals surface area (Å²) in [4.78, 5) is 11.9. The molecule has 0 saturated carbocycles. The molecule has 0 aliphatic heterocycles. The quantitative estimate of drug-likeness (QED) is 0.812. The molecule has 0 aliphatic rings. The molecule has 0 bridgehead atoms. The van der Waals surface area contributed by atoms with Crippen LogP contribution < -0.4 is 11.1 Å². The lowest BCUT2D eigenvalue weighted by atomic mass is 10.0. The number of alkyl halides is 2. The maximum absolute atomic E-state index is 12.3. The summed E-state index contributed by atoms with van der Waals surface area (Å²) in [6.07, 6.45) is 0. The van der Waals surface area contributed by atoms with Gasteiger partial charge in [0.05, 0.1) is 5.75 Å². The van der Waals surface area contributed by atoms with Crippen molar-refractivity contribution in [1.82, 2.24) is 5.32 Å². The number of nitrogens with two attached hydrogens (primary N) is 1. The van der Waals surface area contributed by atoms with Gasteiger partial charge in [0.2, 0.25) is 9.84 Å². The third kappa shape index (κ3) is 5.86. The summed E-state index contributed by atoms with van der Waals surface area (Å²) >= 11 is 0. The molecule has 0 aliphatic carbocycles. The third-order valence-corrected chi connectivity index (χ3v) is 4.10. The van der Waals surface area contributed by atoms with Crippen molar-refractivity contribution in [3.8, 4) is 0 Å². The van der Waals surface area contributed by atoms with E-state index in [2.05, 4.69) is 5.32 Å². The molecule has 0 heterocycles. The van der Waals surface area contributed by atoms with Gasteiger partial charge in [0.15, 0.2) is 0 Å². The molecule has 0 saturated heterocycles. The van der Waals surface area contributed by atoms with Crippen LogP contribution in [0.2, 0.25) is 0 Å². The van der Waals surface area contributed by atoms with Crippen LogP contribution in [-0.2, 0) is 15.6 Å². The highest BCUT2D eigenvalue weighted by Crippen LogP contribution is 2.14. The first-order valence-corrected chi connectivity index (χ1v) is 7.90. The van der Waals surface area contributed by atoms with Crippen molar-refractivity contribution in [3.05, 3.63) is 35.4 Å². The van der Waals surface area contributed by atoms with Crippen LogP contribution in [0.25, 0.3) is 0 Å². The van der Waals surface area contributed by atoms with Crippen molar-refractivity contribution in [2.45, 2.75) is 30.9 Å². The molecule has 22 heavy (non-hydrogen) atoms. The average molecular weight is 357 g/mol. The first-order chi connectivity index (χ1) is 9.57. The predicted octanol–water partition coefficient (Wildman–Crippen LogP) is 1.71. The van der Waals surface area contributed by atoms with Gasteiger partial charge in [0, 0.05) is 17.6 Å². The van der Waals surface area contributed by atoms with E-state index in [1.54, 1.807) is 13.8 Å². The molecule has 0 atom stereocenters. The van der Waals surface area contributed by atoms with Gasteiger partial charge in [0.25, 0.3) is 5.91 Å². The van der Waals surface area contributed by atoms with Gasteiger partial charge >= 0.3 is 5.76 Å². The molecule has 126 valence electrons. The summed E-state index contributed by atoms with van der Waals surface area (Å²) < 4.78 is 46.7. The van der Waals surface area contributed by atoms with E-state index >= 15 is 0 Å². The Labute approximate surface area is 134 Å². The normalized spacial score (nSPS) is 11.9. The van der Waals surface area contributed by atoms with Gasteiger partial charge in [-0.05, 0) is 31.5 Å². The number of sulfone groups is 1. The van der Waals surface area contributed by atoms with Gasteiger partial charge in [-0.2, -0.15) is 8.78 Å². The highest BCUT2D eigenvalue weighted by Gasteiger charge is 2.24. The number of nitrogens with one attached hydrogen (secondary N) is 1. The number of amides is 1. The highest BCUT2D eigenvalue weighted by molar-refractivity contribution is 7.90. The number of rotatable bonds is 6. The van der Waals surface area contributed by atoms with E-state index in [-0.39, 0.29) is 30.4 Å². The minimum Gasteiger partial charge on any atom is -0.346 e. The van der Waals surface area contributed by atoms with Gasteiger partial charge in [-0.25, -0.2) is 8.42 Å². The third-order valence-electron chi connectivity index (χ3n) is 2.82. The first kappa shape index (κ1) is 20.8. The van der Waals surface area contributed by atoms with Crippen LogP contribution in [0.3, 0.4) is 0 Å². The van der Waals surface area contributed by atoms with Crippen molar-refractivity contribution in [3.63, 3.8) is 0 Å². The molecule has 1 rings (SSSR count). The molecule has 0 unspecified atom stereocenters. The maximum Gasteiger partial charge on any atom is 0.337 e. The number of hydrogen-bond donors (Lipinski definition) is 2. The lowest BCUT2D eigenvalue weighted by Gasteiger charge is -2.24. The van der Waals surface area contributed by atoms with Crippen LogP contribution in [0.4, 0.5) is 8.78 Å². The first-order valence-electron chi connectivity index (χ1n) is 6.18. The zero-order valence-corrected chi connectivity index (χ0v) is 13.8. The smallest absolute Gasteiger partial charge is 0.337 e. The zero-order valence-electron chi connectivity index (χ0n) is 12.2. The molecule has 1 aromatic carbocycles. The van der Waals surface area contributed by atoms with E-state index in [0.717, 1.165) is 0 Å². The molecular weight excluding hydrogens is 338 g/mol. The van der Waals surface area contributed by atoms with Crippen molar-refractivity contribution < 1.29 is 22.0 Å². The fourth-order valence-corrected chi connectivity index (χ4v) is 2.26. The highest BCUT2D eigenvalue weighted by atomic mass is 35.5. The van der Waals surface area contributed by atoms with Crippen molar-refractivity contribution in [1.29, 1.82) is 0 Å². The number of carbonyl (C=O) groups excluding carboxylic acids is 1. The molecule has 0 radical (unpaired) electrons. The maximum atomic E-state index is 12.3. The van der Waals surface area contributed by atoms with Crippen molar-refractivity contribution >= 4 is 28.2 Å². The monoisotopic (exact) mass is 356 g/mol. The van der Waals surface area contributed by atoms with E-state index in [0.29, 0.717) is 5.56 Å². The van der Waals surface area contributed by atoms with Crippen molar-refractivity contribution in [2.24, 2.45) is 5.73 Å². The fraction of sp³-hybridized carbons (Fsp3) is 0.462. The second-order valence-electron chi connectivity index (χ2n) is 5.31. The molecule has 0 spiro atoms. The van der Waals surface area contributed by atoms with Gasteiger partial charge < -0.3 is 11.1 Å². The van der Waals surface area contributed by atoms with Crippen molar-refractivity contribution in [2.75, 3.05) is 6.54 Å². The number of halogens is 3. The van der Waals surface area contributed by atoms with Gasteiger partial charge in [-0.3, -0.25) is 4.79 Å². The number of benzene rings is 1. The van der Waals surface area contributed by atoms with Crippen LogP contribution in [0, 0.1) is 0 Å². The Balaban J connectivity index is 0.00000441. The van der Waals surface area contributed by atoms with Crippen LogP contribution in [0.1, 0.15) is 29.8 Å². The minimum atomic E-state index is -4.47. The van der Waals surface area contributed by atoms with E-state index < -0.39 is 26.9 Å².